The van der Waals surface area contributed by atoms with Crippen LogP contribution in [0.15, 0.2) is 0 Å². The van der Waals surface area contributed by atoms with E-state index in [4.69, 9.17) is 4.74 Å². The third kappa shape index (κ3) is 8.08. The van der Waals surface area contributed by atoms with Crippen molar-refractivity contribution in [1.29, 1.82) is 0 Å². The molecular weight excluding hydrogens is 282 g/mol. The molecule has 1 N–H and O–H groups in total. The summed E-state index contributed by atoms with van der Waals surface area (Å²) in [6.07, 6.45) is 1.59. The lowest BCUT2D eigenvalue weighted by atomic mass is 10.2. The van der Waals surface area contributed by atoms with Crippen LogP contribution >= 0.6 is 0 Å². The summed E-state index contributed by atoms with van der Waals surface area (Å²) in [6.45, 7) is 9.52. The summed E-state index contributed by atoms with van der Waals surface area (Å²) in [5, 5.41) is 10.1. The summed E-state index contributed by atoms with van der Waals surface area (Å²) in [6, 6.07) is 0. The molecule has 130 valence electrons. The lowest BCUT2D eigenvalue weighted by Gasteiger charge is -2.24. The quantitative estimate of drug-likeness (QED) is 0.696. The van der Waals surface area contributed by atoms with Crippen molar-refractivity contribution in [3.63, 3.8) is 0 Å². The first-order valence-electron chi connectivity index (χ1n) is 8.33. The fraction of sp³-hybridized carbons (Fsp3) is 0.938. The number of rotatable bonds is 8. The predicted molar refractivity (Wildman–Crippen MR) is 87.9 cm³/mol. The fourth-order valence-electron chi connectivity index (χ4n) is 2.53. The minimum atomic E-state index is -0.339. The first-order chi connectivity index (χ1) is 10.4. The number of aliphatic hydroxyl groups is 1. The van der Waals surface area contributed by atoms with Gasteiger partial charge in [-0.05, 0) is 39.8 Å². The third-order valence-electron chi connectivity index (χ3n) is 3.91. The molecule has 0 bridgehead atoms. The molecule has 0 aromatic heterocycles. The van der Waals surface area contributed by atoms with Crippen molar-refractivity contribution in [2.45, 2.75) is 38.9 Å². The van der Waals surface area contributed by atoms with E-state index in [2.05, 4.69) is 9.80 Å². The molecule has 1 rings (SSSR count). The van der Waals surface area contributed by atoms with E-state index in [1.807, 2.05) is 13.8 Å². The van der Waals surface area contributed by atoms with Gasteiger partial charge in [-0.25, -0.2) is 0 Å². The summed E-state index contributed by atoms with van der Waals surface area (Å²) >= 11 is 0. The second kappa shape index (κ2) is 10.2. The van der Waals surface area contributed by atoms with Crippen LogP contribution in [0, 0.1) is 0 Å². The van der Waals surface area contributed by atoms with E-state index in [-0.39, 0.29) is 18.1 Å². The maximum Gasteiger partial charge on any atom is 0.236 e. The van der Waals surface area contributed by atoms with Crippen LogP contribution in [0.5, 0.6) is 0 Å². The standard InChI is InChI=1S/C16H33N3O3/c1-14(2)22-11-6-15(20)12-18-7-5-8-19(10-9-18)13-16(21)17(3)4/h14-15,20H,5-13H2,1-4H3/t15-/m1/s1. The number of hydrogen-bond donors (Lipinski definition) is 1. The van der Waals surface area contributed by atoms with Gasteiger partial charge in [0.25, 0.3) is 0 Å². The minimum Gasteiger partial charge on any atom is -0.392 e. The van der Waals surface area contributed by atoms with Crippen molar-refractivity contribution >= 4 is 5.91 Å². The molecule has 22 heavy (non-hydrogen) atoms. The number of hydrogen-bond acceptors (Lipinski definition) is 5. The number of likely N-dealkylation sites (N-methyl/N-ethyl adjacent to an activating group) is 1. The molecule has 0 saturated carbocycles. The molecule has 0 spiro atoms. The molecule has 0 aliphatic carbocycles. The van der Waals surface area contributed by atoms with Gasteiger partial charge in [-0.1, -0.05) is 0 Å². The Morgan fingerprint density at radius 2 is 1.82 bits per heavy atom. The zero-order valence-electron chi connectivity index (χ0n) is 14.6. The van der Waals surface area contributed by atoms with Gasteiger partial charge in [0, 0.05) is 40.3 Å². The van der Waals surface area contributed by atoms with Gasteiger partial charge in [0.05, 0.1) is 18.8 Å². The highest BCUT2D eigenvalue weighted by Gasteiger charge is 2.19. The van der Waals surface area contributed by atoms with Crippen LogP contribution in [-0.2, 0) is 9.53 Å². The van der Waals surface area contributed by atoms with E-state index < -0.39 is 0 Å². The van der Waals surface area contributed by atoms with Gasteiger partial charge in [-0.3, -0.25) is 14.6 Å². The number of nitrogens with zero attached hydrogens (tertiary/aromatic N) is 3. The number of β-amino-alcohol motifs (C(OH)–C–C–N with tert-alkyl or cyclic N) is 1. The van der Waals surface area contributed by atoms with Crippen LogP contribution in [0.4, 0.5) is 0 Å². The van der Waals surface area contributed by atoms with Crippen molar-refractivity contribution in [2.75, 3.05) is 60.0 Å². The SMILES string of the molecule is CC(C)OCC[C@@H](O)CN1CCCN(CC(=O)N(C)C)CC1. The molecule has 1 amide bonds. The Hall–Kier alpha value is -0.690. The molecule has 1 aliphatic rings. The molecular formula is C16H33N3O3. The van der Waals surface area contributed by atoms with E-state index in [1.165, 1.54) is 0 Å². The Bertz CT molecular complexity index is 324. The zero-order valence-corrected chi connectivity index (χ0v) is 14.6. The Morgan fingerprint density at radius 1 is 1.18 bits per heavy atom. The van der Waals surface area contributed by atoms with E-state index in [1.54, 1.807) is 19.0 Å². The third-order valence-corrected chi connectivity index (χ3v) is 3.91. The van der Waals surface area contributed by atoms with Gasteiger partial charge < -0.3 is 14.7 Å². The average Bonchev–Trinajstić information content (AvgIpc) is 2.63. The van der Waals surface area contributed by atoms with Crippen molar-refractivity contribution < 1.29 is 14.6 Å². The van der Waals surface area contributed by atoms with Gasteiger partial charge in [-0.15, -0.1) is 0 Å². The van der Waals surface area contributed by atoms with Crippen LogP contribution < -0.4 is 0 Å². The molecule has 0 radical (unpaired) electrons. The van der Waals surface area contributed by atoms with Crippen LogP contribution in [0.1, 0.15) is 26.7 Å². The smallest absolute Gasteiger partial charge is 0.236 e. The minimum absolute atomic E-state index is 0.152. The van der Waals surface area contributed by atoms with Crippen molar-refractivity contribution in [1.82, 2.24) is 14.7 Å². The summed E-state index contributed by atoms with van der Waals surface area (Å²) in [7, 11) is 3.59. The van der Waals surface area contributed by atoms with E-state index in [0.29, 0.717) is 26.1 Å². The molecule has 1 fully saturated rings. The van der Waals surface area contributed by atoms with Crippen molar-refractivity contribution in [3.05, 3.63) is 0 Å². The lowest BCUT2D eigenvalue weighted by Crippen LogP contribution is -2.39. The highest BCUT2D eigenvalue weighted by molar-refractivity contribution is 5.77. The monoisotopic (exact) mass is 315 g/mol. The van der Waals surface area contributed by atoms with Crippen LogP contribution in [0.2, 0.25) is 0 Å². The van der Waals surface area contributed by atoms with Crippen LogP contribution in [0.3, 0.4) is 0 Å². The predicted octanol–water partition coefficient (Wildman–Crippen LogP) is 0.258. The Morgan fingerprint density at radius 3 is 2.45 bits per heavy atom. The molecule has 6 heteroatoms. The zero-order chi connectivity index (χ0) is 16.5. The van der Waals surface area contributed by atoms with Crippen LogP contribution in [-0.4, -0.2) is 97.9 Å². The van der Waals surface area contributed by atoms with Crippen molar-refractivity contribution in [2.24, 2.45) is 0 Å². The Labute approximate surface area is 135 Å². The van der Waals surface area contributed by atoms with Gasteiger partial charge >= 0.3 is 0 Å². The molecule has 0 unspecified atom stereocenters. The number of carbonyl (C=O) groups is 1. The lowest BCUT2D eigenvalue weighted by molar-refractivity contribution is -0.129. The summed E-state index contributed by atoms with van der Waals surface area (Å²) in [4.78, 5) is 17.9. The summed E-state index contributed by atoms with van der Waals surface area (Å²) in [5.41, 5.74) is 0. The number of ether oxygens (including phenoxy) is 1. The second-order valence-electron chi connectivity index (χ2n) is 6.58. The summed E-state index contributed by atoms with van der Waals surface area (Å²) < 4.78 is 5.48. The molecule has 1 aliphatic heterocycles. The number of aliphatic hydroxyl groups excluding tert-OH is 1. The molecule has 6 nitrogen and oxygen atoms in total. The topological polar surface area (TPSA) is 56.3 Å². The van der Waals surface area contributed by atoms with Crippen molar-refractivity contribution in [3.8, 4) is 0 Å². The molecule has 1 atom stereocenters. The Kier molecular flexibility index (Phi) is 8.93. The fourth-order valence-corrected chi connectivity index (χ4v) is 2.53. The molecule has 0 aromatic carbocycles. The largest absolute Gasteiger partial charge is 0.392 e. The van der Waals surface area contributed by atoms with E-state index in [0.717, 1.165) is 32.6 Å². The normalized spacial score (nSPS) is 19.2. The van der Waals surface area contributed by atoms with E-state index in [9.17, 15) is 9.90 Å². The van der Waals surface area contributed by atoms with Gasteiger partial charge in [0.2, 0.25) is 5.91 Å². The first-order valence-corrected chi connectivity index (χ1v) is 8.33. The maximum absolute atomic E-state index is 11.8. The second-order valence-corrected chi connectivity index (χ2v) is 6.58. The van der Waals surface area contributed by atoms with Gasteiger partial charge in [-0.2, -0.15) is 0 Å². The first kappa shape index (κ1) is 19.4. The van der Waals surface area contributed by atoms with Crippen LogP contribution in [0.25, 0.3) is 0 Å². The highest BCUT2D eigenvalue weighted by atomic mass is 16.5. The number of amides is 1. The molecule has 0 aromatic rings. The summed E-state index contributed by atoms with van der Waals surface area (Å²) in [5.74, 6) is 0.152. The Balaban J connectivity index is 2.26. The van der Waals surface area contributed by atoms with E-state index >= 15 is 0 Å². The molecule has 1 heterocycles. The van der Waals surface area contributed by atoms with Gasteiger partial charge in [0.15, 0.2) is 0 Å². The highest BCUT2D eigenvalue weighted by Crippen LogP contribution is 2.06. The molecule has 1 saturated heterocycles. The van der Waals surface area contributed by atoms with Gasteiger partial charge in [0.1, 0.15) is 0 Å². The maximum atomic E-state index is 11.8. The average molecular weight is 315 g/mol. The number of carbonyl (C=O) groups excluding carboxylic acids is 1.